The highest BCUT2D eigenvalue weighted by molar-refractivity contribution is 8.01. The van der Waals surface area contributed by atoms with E-state index >= 15 is 0 Å². The predicted molar refractivity (Wildman–Crippen MR) is 164 cm³/mol. The normalized spacial score (nSPS) is 13.5. The van der Waals surface area contributed by atoms with Crippen molar-refractivity contribution in [2.75, 3.05) is 77.7 Å². The number of hydrogen-bond acceptors (Lipinski definition) is 11. The molecule has 0 spiro atoms. The van der Waals surface area contributed by atoms with Crippen molar-refractivity contribution in [3.63, 3.8) is 0 Å². The van der Waals surface area contributed by atoms with Crippen LogP contribution in [-0.4, -0.2) is 109 Å². The first-order valence-electron chi connectivity index (χ1n) is 13.4. The highest BCUT2D eigenvalue weighted by Gasteiger charge is 2.26. The second kappa shape index (κ2) is 13.5. The van der Waals surface area contributed by atoms with Gasteiger partial charge in [-0.25, -0.2) is 15.0 Å². The zero-order valence-electron chi connectivity index (χ0n) is 24.7. The molecule has 1 aliphatic heterocycles. The summed E-state index contributed by atoms with van der Waals surface area (Å²) < 4.78 is 6.55. The van der Waals surface area contributed by atoms with Crippen LogP contribution in [0, 0.1) is 13.8 Å². The lowest BCUT2D eigenvalue weighted by Crippen LogP contribution is -2.50. The number of ether oxygens (including phenoxy) is 1. The number of thiazole rings is 1. The highest BCUT2D eigenvalue weighted by atomic mass is 32.2. The minimum absolute atomic E-state index is 0.0322. The fourth-order valence-corrected chi connectivity index (χ4v) is 6.31. The first kappa shape index (κ1) is 30.5. The van der Waals surface area contributed by atoms with Crippen molar-refractivity contribution in [3.8, 4) is 5.75 Å². The summed E-state index contributed by atoms with van der Waals surface area (Å²) >= 11 is 3.08. The molecule has 0 radical (unpaired) electrons. The van der Waals surface area contributed by atoms with Crippen molar-refractivity contribution in [1.82, 2.24) is 29.7 Å². The first-order chi connectivity index (χ1) is 19.5. The monoisotopic (exact) mass is 598 g/mol. The van der Waals surface area contributed by atoms with Crippen molar-refractivity contribution in [2.45, 2.75) is 29.9 Å². The van der Waals surface area contributed by atoms with Crippen LogP contribution in [0.2, 0.25) is 0 Å². The molecule has 11 nitrogen and oxygen atoms in total. The first-order valence-corrected chi connectivity index (χ1v) is 15.0. The number of nitrogens with zero attached hydrogens (tertiary/aromatic N) is 7. The van der Waals surface area contributed by atoms with E-state index in [-0.39, 0.29) is 11.8 Å². The van der Waals surface area contributed by atoms with Gasteiger partial charge < -0.3 is 29.7 Å². The molecular formula is C28H38N8O3S2. The number of piperazine rings is 1. The standard InChI is InChI=1S/C28H38N8O3S2/c1-18-14-22(39-7)21(27(38)36-12-10-35(11-13-36)20(3)37)15-23(18)40-26-17-29-28(41-26)32-24-16-25(31-19(2)30-24)34(6)9-8-33(4)5/h14-17H,8-13H2,1-7H3,(H,29,30,31,32). The second-order valence-corrected chi connectivity index (χ2v) is 12.6. The van der Waals surface area contributed by atoms with E-state index in [0.29, 0.717) is 49.1 Å². The summed E-state index contributed by atoms with van der Waals surface area (Å²) in [5.74, 6) is 2.70. The van der Waals surface area contributed by atoms with Gasteiger partial charge in [-0.2, -0.15) is 0 Å². The van der Waals surface area contributed by atoms with Gasteiger partial charge in [-0.05, 0) is 45.6 Å². The number of hydrogen-bond donors (Lipinski definition) is 1. The predicted octanol–water partition coefficient (Wildman–Crippen LogP) is 3.76. The van der Waals surface area contributed by atoms with E-state index in [1.165, 1.54) is 11.3 Å². The van der Waals surface area contributed by atoms with Gasteiger partial charge in [0, 0.05) is 64.2 Å². The van der Waals surface area contributed by atoms with Crippen LogP contribution in [-0.2, 0) is 4.79 Å². The number of anilines is 3. The zero-order chi connectivity index (χ0) is 29.7. The molecule has 3 heterocycles. The van der Waals surface area contributed by atoms with Crippen LogP contribution >= 0.6 is 23.1 Å². The molecule has 1 saturated heterocycles. The number of carbonyl (C=O) groups excluding carboxylic acids is 2. The molecule has 0 unspecified atom stereocenters. The van der Waals surface area contributed by atoms with Gasteiger partial charge >= 0.3 is 0 Å². The number of rotatable bonds is 10. The average Bonchev–Trinajstić information content (AvgIpc) is 3.38. The van der Waals surface area contributed by atoms with E-state index in [2.05, 4.69) is 44.2 Å². The Balaban J connectivity index is 1.47. The van der Waals surface area contributed by atoms with Crippen molar-refractivity contribution in [3.05, 3.63) is 41.3 Å². The molecule has 1 aliphatic rings. The Labute approximate surface area is 249 Å². The Bertz CT molecular complexity index is 1390. The number of amides is 2. The second-order valence-electron chi connectivity index (χ2n) is 10.2. The van der Waals surface area contributed by atoms with Gasteiger partial charge in [0.25, 0.3) is 5.91 Å². The maximum Gasteiger partial charge on any atom is 0.257 e. The molecule has 41 heavy (non-hydrogen) atoms. The number of methoxy groups -OCH3 is 1. The molecule has 0 saturated carbocycles. The Morgan fingerprint density at radius 1 is 1.05 bits per heavy atom. The number of aromatic nitrogens is 3. The highest BCUT2D eigenvalue weighted by Crippen LogP contribution is 2.39. The largest absolute Gasteiger partial charge is 0.496 e. The van der Waals surface area contributed by atoms with Crippen LogP contribution in [0.3, 0.4) is 0 Å². The van der Waals surface area contributed by atoms with Gasteiger partial charge in [0.05, 0.1) is 23.1 Å². The van der Waals surface area contributed by atoms with Crippen LogP contribution in [0.1, 0.15) is 28.7 Å². The van der Waals surface area contributed by atoms with Crippen LogP contribution in [0.5, 0.6) is 5.75 Å². The molecule has 0 bridgehead atoms. The van der Waals surface area contributed by atoms with Crippen molar-refractivity contribution in [1.29, 1.82) is 0 Å². The Morgan fingerprint density at radius 2 is 1.76 bits per heavy atom. The topological polar surface area (TPSA) is 107 Å². The SMILES string of the molecule is COc1cc(C)c(Sc2cnc(Nc3cc(N(C)CCN(C)C)nc(C)n3)s2)cc1C(=O)N1CCN(C(C)=O)CC1. The maximum atomic E-state index is 13.5. The molecule has 0 atom stereocenters. The van der Waals surface area contributed by atoms with Gasteiger partial charge in [0.2, 0.25) is 5.91 Å². The number of carbonyl (C=O) groups is 2. The molecule has 2 amide bonds. The summed E-state index contributed by atoms with van der Waals surface area (Å²) in [7, 11) is 7.70. The zero-order valence-corrected chi connectivity index (χ0v) is 26.4. The van der Waals surface area contributed by atoms with E-state index in [1.807, 2.05) is 45.3 Å². The van der Waals surface area contributed by atoms with Gasteiger partial charge in [-0.1, -0.05) is 23.1 Å². The fraction of sp³-hybridized carbons (Fsp3) is 0.464. The van der Waals surface area contributed by atoms with Crippen LogP contribution in [0.15, 0.2) is 33.5 Å². The number of aryl methyl sites for hydroxylation is 2. The lowest BCUT2D eigenvalue weighted by molar-refractivity contribution is -0.130. The Kier molecular flexibility index (Phi) is 10.1. The molecule has 4 rings (SSSR count). The molecule has 2 aromatic heterocycles. The van der Waals surface area contributed by atoms with Crippen LogP contribution in [0.4, 0.5) is 16.8 Å². The molecule has 3 aromatic rings. The minimum Gasteiger partial charge on any atom is -0.496 e. The summed E-state index contributed by atoms with van der Waals surface area (Å²) in [5.41, 5.74) is 1.52. The Morgan fingerprint density at radius 3 is 2.41 bits per heavy atom. The van der Waals surface area contributed by atoms with Crippen molar-refractivity contribution >= 4 is 51.7 Å². The molecule has 1 aromatic carbocycles. The van der Waals surface area contributed by atoms with E-state index in [0.717, 1.165) is 38.7 Å². The quantitative estimate of drug-likeness (QED) is 0.371. The molecule has 1 fully saturated rings. The lowest BCUT2D eigenvalue weighted by atomic mass is 10.1. The molecule has 220 valence electrons. The third-order valence-corrected chi connectivity index (χ3v) is 8.94. The molecule has 13 heteroatoms. The minimum atomic E-state index is -0.0935. The molecular weight excluding hydrogens is 560 g/mol. The van der Waals surface area contributed by atoms with Gasteiger partial charge in [0.15, 0.2) is 5.13 Å². The smallest absolute Gasteiger partial charge is 0.257 e. The van der Waals surface area contributed by atoms with Crippen LogP contribution < -0.4 is 15.0 Å². The third kappa shape index (κ3) is 7.86. The Hall–Kier alpha value is -3.42. The van der Waals surface area contributed by atoms with E-state index in [1.54, 1.807) is 35.6 Å². The summed E-state index contributed by atoms with van der Waals surface area (Å²) in [4.78, 5) is 47.6. The number of nitrogens with one attached hydrogen (secondary N) is 1. The summed E-state index contributed by atoms with van der Waals surface area (Å²) in [6.07, 6.45) is 1.82. The van der Waals surface area contributed by atoms with Crippen molar-refractivity contribution in [2.24, 2.45) is 0 Å². The lowest BCUT2D eigenvalue weighted by Gasteiger charge is -2.34. The fourth-order valence-electron chi connectivity index (χ4n) is 4.36. The van der Waals surface area contributed by atoms with Gasteiger partial charge in [-0.15, -0.1) is 0 Å². The molecule has 1 N–H and O–H groups in total. The third-order valence-electron chi connectivity index (χ3n) is 6.77. The van der Waals surface area contributed by atoms with Crippen molar-refractivity contribution < 1.29 is 14.3 Å². The van der Waals surface area contributed by atoms with E-state index in [4.69, 9.17) is 4.74 Å². The van der Waals surface area contributed by atoms with Gasteiger partial charge in [-0.3, -0.25) is 9.59 Å². The maximum absolute atomic E-state index is 13.5. The number of likely N-dealkylation sites (N-methyl/N-ethyl adjacent to an activating group) is 2. The van der Waals surface area contributed by atoms with E-state index in [9.17, 15) is 9.59 Å². The number of benzene rings is 1. The summed E-state index contributed by atoms with van der Waals surface area (Å²) in [5, 5.41) is 4.05. The van der Waals surface area contributed by atoms with Gasteiger partial charge in [0.1, 0.15) is 23.2 Å². The summed E-state index contributed by atoms with van der Waals surface area (Å²) in [6.45, 7) is 9.28. The summed E-state index contributed by atoms with van der Waals surface area (Å²) in [6, 6.07) is 5.73. The van der Waals surface area contributed by atoms with E-state index < -0.39 is 0 Å². The molecule has 0 aliphatic carbocycles. The average molecular weight is 599 g/mol. The van der Waals surface area contributed by atoms with Crippen LogP contribution in [0.25, 0.3) is 0 Å².